The molecule has 2 aromatic carbocycles. The summed E-state index contributed by atoms with van der Waals surface area (Å²) in [5.41, 5.74) is 0.121. The maximum Gasteiger partial charge on any atom is 0.407 e. The van der Waals surface area contributed by atoms with E-state index in [1.54, 1.807) is 20.8 Å². The predicted octanol–water partition coefficient (Wildman–Crippen LogP) is 6.07. The van der Waals surface area contributed by atoms with Crippen molar-refractivity contribution >= 4 is 39.2 Å². The van der Waals surface area contributed by atoms with E-state index in [1.165, 1.54) is 6.07 Å². The molecule has 0 unspecified atom stereocenters. The van der Waals surface area contributed by atoms with Crippen LogP contribution in [0.5, 0.6) is 5.75 Å². The van der Waals surface area contributed by atoms with Gasteiger partial charge in [0.15, 0.2) is 5.60 Å². The maximum absolute atomic E-state index is 14.2. The summed E-state index contributed by atoms with van der Waals surface area (Å²) >= 11 is 9.40. The van der Waals surface area contributed by atoms with Crippen LogP contribution >= 0.6 is 27.5 Å². The van der Waals surface area contributed by atoms with Gasteiger partial charge in [-0.2, -0.15) is 0 Å². The van der Waals surface area contributed by atoms with Crippen LogP contribution in [0.25, 0.3) is 5.57 Å². The minimum absolute atomic E-state index is 0.0467. The summed E-state index contributed by atoms with van der Waals surface area (Å²) in [6.45, 7) is 9.57. The quantitative estimate of drug-likeness (QED) is 0.556. The van der Waals surface area contributed by atoms with Gasteiger partial charge in [0.25, 0.3) is 0 Å². The van der Waals surface area contributed by atoms with Crippen LogP contribution in [0, 0.1) is 5.82 Å². The average molecular weight is 469 g/mol. The standard InChI is InChI=1S/C21H20BrClFNO3/c1-12-16-15(10-14(24)18(23)17(16)22)27-21(12,13-8-6-5-7-9-13)11-25-19(26)28-20(2,3)4/h5-10H,1,11H2,2-4H3,(H,25,26)/t21-/m0/s1. The second-order valence-corrected chi connectivity index (χ2v) is 8.66. The molecule has 3 rings (SSSR count). The van der Waals surface area contributed by atoms with Crippen molar-refractivity contribution in [2.24, 2.45) is 0 Å². The number of amides is 1. The summed E-state index contributed by atoms with van der Waals surface area (Å²) in [6.07, 6.45) is -0.585. The number of nitrogens with one attached hydrogen (secondary N) is 1. The van der Waals surface area contributed by atoms with Gasteiger partial charge in [0.05, 0.1) is 16.0 Å². The Morgan fingerprint density at radius 2 is 2.00 bits per heavy atom. The number of rotatable bonds is 3. The molecular formula is C21H20BrClFNO3. The number of carbonyl (C=O) groups excluding carboxylic acids is 1. The fourth-order valence-corrected chi connectivity index (χ4v) is 3.86. The minimum Gasteiger partial charge on any atom is -0.475 e. The Bertz CT molecular complexity index is 943. The smallest absolute Gasteiger partial charge is 0.407 e. The zero-order valence-electron chi connectivity index (χ0n) is 15.7. The van der Waals surface area contributed by atoms with E-state index in [1.807, 2.05) is 30.3 Å². The van der Waals surface area contributed by atoms with Crippen molar-refractivity contribution in [2.75, 3.05) is 6.54 Å². The lowest BCUT2D eigenvalue weighted by molar-refractivity contribution is 0.0474. The van der Waals surface area contributed by atoms with Crippen molar-refractivity contribution in [1.82, 2.24) is 5.32 Å². The maximum atomic E-state index is 14.2. The molecule has 1 heterocycles. The first-order chi connectivity index (χ1) is 13.0. The van der Waals surface area contributed by atoms with E-state index < -0.39 is 23.1 Å². The van der Waals surface area contributed by atoms with Gasteiger partial charge < -0.3 is 14.8 Å². The molecule has 1 amide bonds. The SMILES string of the molecule is C=C1c2c(cc(F)c(Cl)c2Br)O[C@]1(CNC(=O)OC(C)(C)C)c1ccccc1. The number of fused-ring (bicyclic) bond motifs is 1. The number of halogens is 3. The van der Waals surface area contributed by atoms with E-state index in [0.29, 0.717) is 21.4 Å². The van der Waals surface area contributed by atoms with Gasteiger partial charge in [0, 0.05) is 22.8 Å². The highest BCUT2D eigenvalue weighted by Gasteiger charge is 2.47. The summed E-state index contributed by atoms with van der Waals surface area (Å²) in [5.74, 6) is -0.308. The molecule has 0 radical (unpaired) electrons. The Morgan fingerprint density at radius 1 is 1.36 bits per heavy atom. The molecule has 0 fully saturated rings. The average Bonchev–Trinajstić information content (AvgIpc) is 2.90. The molecule has 0 spiro atoms. The third-order valence-electron chi connectivity index (χ3n) is 4.32. The number of alkyl carbamates (subject to hydrolysis) is 1. The van der Waals surface area contributed by atoms with Crippen LogP contribution in [0.4, 0.5) is 9.18 Å². The van der Waals surface area contributed by atoms with Gasteiger partial charge in [-0.3, -0.25) is 0 Å². The van der Waals surface area contributed by atoms with E-state index in [9.17, 15) is 9.18 Å². The number of ether oxygens (including phenoxy) is 2. The number of hydrogen-bond donors (Lipinski definition) is 1. The zero-order valence-corrected chi connectivity index (χ0v) is 18.1. The lowest BCUT2D eigenvalue weighted by atomic mass is 9.85. The summed E-state index contributed by atoms with van der Waals surface area (Å²) in [7, 11) is 0. The molecule has 4 nitrogen and oxygen atoms in total. The van der Waals surface area contributed by atoms with Crippen molar-refractivity contribution in [3.05, 3.63) is 69.4 Å². The summed E-state index contributed by atoms with van der Waals surface area (Å²) < 4.78 is 26.0. The van der Waals surface area contributed by atoms with Crippen LogP contribution < -0.4 is 10.1 Å². The van der Waals surface area contributed by atoms with Crippen molar-refractivity contribution in [3.63, 3.8) is 0 Å². The first-order valence-corrected chi connectivity index (χ1v) is 9.81. The molecule has 0 saturated heterocycles. The van der Waals surface area contributed by atoms with Gasteiger partial charge in [-0.1, -0.05) is 48.5 Å². The Balaban J connectivity index is 2.01. The molecule has 7 heteroatoms. The second kappa shape index (κ2) is 7.41. The molecular weight excluding hydrogens is 449 g/mol. The highest BCUT2D eigenvalue weighted by atomic mass is 79.9. The summed E-state index contributed by atoms with van der Waals surface area (Å²) in [6, 6.07) is 10.5. The fourth-order valence-electron chi connectivity index (χ4n) is 3.08. The van der Waals surface area contributed by atoms with Crippen LogP contribution in [0.1, 0.15) is 31.9 Å². The van der Waals surface area contributed by atoms with E-state index in [2.05, 4.69) is 27.8 Å². The van der Waals surface area contributed by atoms with Gasteiger partial charge in [-0.15, -0.1) is 0 Å². The molecule has 1 N–H and O–H groups in total. The van der Waals surface area contributed by atoms with Crippen LogP contribution in [-0.2, 0) is 10.3 Å². The number of benzene rings is 2. The summed E-state index contributed by atoms with van der Waals surface area (Å²) in [5, 5.41) is 2.70. The topological polar surface area (TPSA) is 47.6 Å². The lowest BCUT2D eigenvalue weighted by Crippen LogP contribution is -2.45. The van der Waals surface area contributed by atoms with Crippen LogP contribution in [0.3, 0.4) is 0 Å². The van der Waals surface area contributed by atoms with Gasteiger partial charge in [-0.25, -0.2) is 9.18 Å². The van der Waals surface area contributed by atoms with E-state index in [4.69, 9.17) is 21.1 Å². The molecule has 0 saturated carbocycles. The Kier molecular flexibility index (Phi) is 5.47. The van der Waals surface area contributed by atoms with Crippen molar-refractivity contribution < 1.29 is 18.7 Å². The van der Waals surface area contributed by atoms with E-state index in [0.717, 1.165) is 5.56 Å². The molecule has 148 valence electrons. The summed E-state index contributed by atoms with van der Waals surface area (Å²) in [4.78, 5) is 12.2. The molecule has 0 aliphatic carbocycles. The first kappa shape index (κ1) is 20.7. The Morgan fingerprint density at radius 3 is 2.61 bits per heavy atom. The fraction of sp³-hybridized carbons (Fsp3) is 0.286. The third kappa shape index (κ3) is 3.76. The van der Waals surface area contributed by atoms with Crippen LogP contribution in [0.15, 0.2) is 47.4 Å². The van der Waals surface area contributed by atoms with Crippen molar-refractivity contribution in [1.29, 1.82) is 0 Å². The van der Waals surface area contributed by atoms with Crippen molar-refractivity contribution in [2.45, 2.75) is 32.0 Å². The number of hydrogen-bond acceptors (Lipinski definition) is 3. The van der Waals surface area contributed by atoms with Gasteiger partial charge in [0.1, 0.15) is 17.2 Å². The molecule has 2 aromatic rings. The van der Waals surface area contributed by atoms with Crippen molar-refractivity contribution in [3.8, 4) is 5.75 Å². The monoisotopic (exact) mass is 467 g/mol. The van der Waals surface area contributed by atoms with Crippen LogP contribution in [0.2, 0.25) is 5.02 Å². The molecule has 1 atom stereocenters. The van der Waals surface area contributed by atoms with Gasteiger partial charge in [0.2, 0.25) is 0 Å². The second-order valence-electron chi connectivity index (χ2n) is 7.49. The molecule has 1 aliphatic rings. The highest BCUT2D eigenvalue weighted by Crippen LogP contribution is 2.53. The van der Waals surface area contributed by atoms with E-state index in [-0.39, 0.29) is 11.6 Å². The molecule has 0 bridgehead atoms. The third-order valence-corrected chi connectivity index (χ3v) is 5.71. The van der Waals surface area contributed by atoms with Crippen LogP contribution in [-0.4, -0.2) is 18.2 Å². The molecule has 1 aliphatic heterocycles. The highest BCUT2D eigenvalue weighted by molar-refractivity contribution is 9.10. The Labute approximate surface area is 176 Å². The van der Waals surface area contributed by atoms with Gasteiger partial charge >= 0.3 is 6.09 Å². The Hall–Kier alpha value is -2.05. The predicted molar refractivity (Wildman–Crippen MR) is 111 cm³/mol. The lowest BCUT2D eigenvalue weighted by Gasteiger charge is -2.31. The minimum atomic E-state index is -1.12. The largest absolute Gasteiger partial charge is 0.475 e. The van der Waals surface area contributed by atoms with Gasteiger partial charge in [-0.05, 0) is 36.7 Å². The number of carbonyl (C=O) groups is 1. The first-order valence-electron chi connectivity index (χ1n) is 8.64. The van der Waals surface area contributed by atoms with E-state index >= 15 is 0 Å². The molecule has 0 aromatic heterocycles. The molecule has 28 heavy (non-hydrogen) atoms. The normalized spacial score (nSPS) is 18.4. The zero-order chi connectivity index (χ0) is 20.7.